The predicted octanol–water partition coefficient (Wildman–Crippen LogP) is 2.34. The standard InChI is InChI=1S/C24H50O10Si2/c1-13-31-21(29)17(27)15(25)19(33-35(9,10)23(3,4)5)20(34-36(11,12)24(6,7)8)16(26)18(28)22(30)32-14-2/h15-20,25-28H,13-14H2,1-12H3/t15-,16-,17-,18-,19-,20-/m0/s1. The van der Waals surface area contributed by atoms with Crippen molar-refractivity contribution in [1.82, 2.24) is 0 Å². The number of esters is 2. The Hall–Kier alpha value is -0.866. The van der Waals surface area contributed by atoms with Crippen LogP contribution in [0, 0.1) is 0 Å². The van der Waals surface area contributed by atoms with Crippen molar-refractivity contribution in [3.8, 4) is 0 Å². The first kappa shape index (κ1) is 35.1. The lowest BCUT2D eigenvalue weighted by Crippen LogP contribution is -2.63. The molecule has 0 spiro atoms. The van der Waals surface area contributed by atoms with Crippen LogP contribution >= 0.6 is 0 Å². The fourth-order valence-corrected chi connectivity index (χ4v) is 5.40. The van der Waals surface area contributed by atoms with E-state index in [2.05, 4.69) is 0 Å². The van der Waals surface area contributed by atoms with Gasteiger partial charge in [0.1, 0.15) is 24.4 Å². The molecule has 0 heterocycles. The zero-order chi connectivity index (χ0) is 28.9. The van der Waals surface area contributed by atoms with Crippen LogP contribution in [-0.4, -0.2) is 98.8 Å². The van der Waals surface area contributed by atoms with Gasteiger partial charge in [-0.05, 0) is 50.1 Å². The van der Waals surface area contributed by atoms with Gasteiger partial charge in [-0.25, -0.2) is 9.59 Å². The van der Waals surface area contributed by atoms with Crippen molar-refractivity contribution < 1.29 is 48.3 Å². The molecule has 0 aliphatic carbocycles. The smallest absolute Gasteiger partial charge is 0.337 e. The van der Waals surface area contributed by atoms with Crippen molar-refractivity contribution in [2.75, 3.05) is 13.2 Å². The van der Waals surface area contributed by atoms with Gasteiger partial charge in [0.05, 0.1) is 13.2 Å². The molecule has 6 atom stereocenters. The van der Waals surface area contributed by atoms with Crippen LogP contribution in [0.15, 0.2) is 0 Å². The van der Waals surface area contributed by atoms with E-state index in [0.29, 0.717) is 0 Å². The van der Waals surface area contributed by atoms with Crippen LogP contribution in [-0.2, 0) is 27.9 Å². The summed E-state index contributed by atoms with van der Waals surface area (Å²) in [4.78, 5) is 24.6. The molecule has 0 bridgehead atoms. The van der Waals surface area contributed by atoms with E-state index in [1.807, 2.05) is 67.7 Å². The highest BCUT2D eigenvalue weighted by Crippen LogP contribution is 2.42. The monoisotopic (exact) mass is 554 g/mol. The number of ether oxygens (including phenoxy) is 2. The molecule has 0 aliphatic heterocycles. The second-order valence-electron chi connectivity index (χ2n) is 12.1. The molecule has 10 nitrogen and oxygen atoms in total. The van der Waals surface area contributed by atoms with Crippen LogP contribution < -0.4 is 0 Å². The lowest BCUT2D eigenvalue weighted by Gasteiger charge is -2.47. The van der Waals surface area contributed by atoms with Crippen LogP contribution in [0.4, 0.5) is 0 Å². The minimum Gasteiger partial charge on any atom is -0.464 e. The maximum atomic E-state index is 12.3. The summed E-state index contributed by atoms with van der Waals surface area (Å²) in [6.07, 6.45) is -10.8. The Morgan fingerprint density at radius 3 is 1.08 bits per heavy atom. The van der Waals surface area contributed by atoms with Gasteiger partial charge >= 0.3 is 11.9 Å². The van der Waals surface area contributed by atoms with Crippen molar-refractivity contribution in [3.63, 3.8) is 0 Å². The highest BCUT2D eigenvalue weighted by Gasteiger charge is 2.52. The molecule has 0 aromatic carbocycles. The predicted molar refractivity (Wildman–Crippen MR) is 141 cm³/mol. The molecule has 36 heavy (non-hydrogen) atoms. The van der Waals surface area contributed by atoms with Gasteiger partial charge in [-0.15, -0.1) is 0 Å². The number of carbonyl (C=O) groups is 2. The highest BCUT2D eigenvalue weighted by molar-refractivity contribution is 6.74. The van der Waals surface area contributed by atoms with E-state index in [1.54, 1.807) is 13.8 Å². The molecule has 0 aliphatic rings. The van der Waals surface area contributed by atoms with E-state index in [9.17, 15) is 30.0 Å². The molecule has 0 amide bonds. The second kappa shape index (κ2) is 13.3. The Morgan fingerprint density at radius 2 is 0.889 bits per heavy atom. The van der Waals surface area contributed by atoms with E-state index < -0.39 is 65.2 Å². The lowest BCUT2D eigenvalue weighted by atomic mass is 9.96. The van der Waals surface area contributed by atoms with Crippen LogP contribution in [0.25, 0.3) is 0 Å². The van der Waals surface area contributed by atoms with E-state index in [0.717, 1.165) is 0 Å². The van der Waals surface area contributed by atoms with Crippen LogP contribution in [0.3, 0.4) is 0 Å². The summed E-state index contributed by atoms with van der Waals surface area (Å²) in [6, 6.07) is 0. The van der Waals surface area contributed by atoms with Gasteiger partial charge in [0, 0.05) is 0 Å². The fourth-order valence-electron chi connectivity index (χ4n) is 2.79. The van der Waals surface area contributed by atoms with E-state index in [4.69, 9.17) is 18.3 Å². The third-order valence-electron chi connectivity index (χ3n) is 7.17. The molecule has 0 radical (unpaired) electrons. The SMILES string of the molecule is CCOC(=O)[C@@H](O)[C@H](O)[C@H](O[Si](C)(C)C(C)(C)C)[C@@H](O[Si](C)(C)C(C)(C)C)[C@@H](O)[C@H](O)C(=O)OCC. The maximum Gasteiger partial charge on any atom is 0.337 e. The first-order valence-electron chi connectivity index (χ1n) is 12.5. The number of hydrogen-bond acceptors (Lipinski definition) is 10. The summed E-state index contributed by atoms with van der Waals surface area (Å²) in [6.45, 7) is 22.4. The molecule has 0 fully saturated rings. The van der Waals surface area contributed by atoms with Crippen molar-refractivity contribution >= 4 is 28.6 Å². The minimum atomic E-state index is -2.73. The van der Waals surface area contributed by atoms with Crippen LogP contribution in [0.5, 0.6) is 0 Å². The summed E-state index contributed by atoms with van der Waals surface area (Å²) in [5.41, 5.74) is 0. The largest absolute Gasteiger partial charge is 0.464 e. The Labute approximate surface area is 218 Å². The molecule has 0 saturated carbocycles. The molecule has 0 aromatic heterocycles. The number of hydrogen-bond donors (Lipinski definition) is 4. The molecule has 4 N–H and O–H groups in total. The van der Waals surface area contributed by atoms with Crippen LogP contribution in [0.2, 0.25) is 36.3 Å². The fraction of sp³-hybridized carbons (Fsp3) is 0.917. The second-order valence-corrected chi connectivity index (χ2v) is 21.6. The zero-order valence-corrected chi connectivity index (χ0v) is 26.1. The summed E-state index contributed by atoms with van der Waals surface area (Å²) < 4.78 is 22.6. The lowest BCUT2D eigenvalue weighted by molar-refractivity contribution is -0.181. The topological polar surface area (TPSA) is 152 Å². The van der Waals surface area contributed by atoms with E-state index in [1.165, 1.54) is 0 Å². The third-order valence-corrected chi connectivity index (χ3v) is 16.1. The van der Waals surface area contributed by atoms with Crippen molar-refractivity contribution in [3.05, 3.63) is 0 Å². The molecule has 0 saturated heterocycles. The van der Waals surface area contributed by atoms with Gasteiger partial charge in [0.25, 0.3) is 0 Å². The molecule has 12 heteroatoms. The number of aliphatic hydroxyl groups excluding tert-OH is 4. The van der Waals surface area contributed by atoms with Gasteiger partial charge in [-0.2, -0.15) is 0 Å². The van der Waals surface area contributed by atoms with E-state index in [-0.39, 0.29) is 23.3 Å². The first-order valence-corrected chi connectivity index (χ1v) is 18.3. The Morgan fingerprint density at radius 1 is 0.639 bits per heavy atom. The summed E-state index contributed by atoms with van der Waals surface area (Å²) >= 11 is 0. The summed E-state index contributed by atoms with van der Waals surface area (Å²) in [5.74, 6) is -2.14. The van der Waals surface area contributed by atoms with Gasteiger partial charge in [-0.3, -0.25) is 0 Å². The van der Waals surface area contributed by atoms with Crippen molar-refractivity contribution in [2.45, 2.75) is 128 Å². The molecular formula is C24H50O10Si2. The highest BCUT2D eigenvalue weighted by atomic mass is 28.4. The number of rotatable bonds is 13. The summed E-state index contributed by atoms with van der Waals surface area (Å²) in [7, 11) is -5.47. The van der Waals surface area contributed by atoms with E-state index >= 15 is 0 Å². The minimum absolute atomic E-state index is 0.0233. The van der Waals surface area contributed by atoms with Crippen molar-refractivity contribution in [2.24, 2.45) is 0 Å². The number of aliphatic hydroxyl groups is 4. The quantitative estimate of drug-likeness (QED) is 0.197. The molecule has 0 unspecified atom stereocenters. The Bertz CT molecular complexity index is 655. The van der Waals surface area contributed by atoms with Crippen LogP contribution in [0.1, 0.15) is 55.4 Å². The van der Waals surface area contributed by atoms with Gasteiger partial charge in [-0.1, -0.05) is 41.5 Å². The third kappa shape index (κ3) is 9.15. The Kier molecular flexibility index (Phi) is 13.0. The molecule has 0 aromatic rings. The number of carbonyl (C=O) groups excluding carboxylic acids is 2. The van der Waals surface area contributed by atoms with Gasteiger partial charge in [0.2, 0.25) is 0 Å². The first-order chi connectivity index (χ1) is 16.1. The van der Waals surface area contributed by atoms with Gasteiger partial charge in [0.15, 0.2) is 28.8 Å². The normalized spacial score (nSPS) is 18.6. The van der Waals surface area contributed by atoms with Gasteiger partial charge < -0.3 is 38.8 Å². The Balaban J connectivity index is 6.84. The van der Waals surface area contributed by atoms with Crippen molar-refractivity contribution in [1.29, 1.82) is 0 Å². The molecule has 0 rings (SSSR count). The molecule has 214 valence electrons. The average Bonchev–Trinajstić information content (AvgIpc) is 2.72. The average molecular weight is 555 g/mol. The summed E-state index contributed by atoms with van der Waals surface area (Å²) in [5, 5.41) is 43.0. The maximum absolute atomic E-state index is 12.3. The molecular weight excluding hydrogens is 504 g/mol. The zero-order valence-electron chi connectivity index (χ0n) is 24.1.